The van der Waals surface area contributed by atoms with Crippen LogP contribution in [0.25, 0.3) is 62.3 Å². The number of anilines is 4. The number of carbonyl (C=O) groups is 4. The van der Waals surface area contributed by atoms with Crippen LogP contribution in [-0.2, 0) is 31.1 Å². The summed E-state index contributed by atoms with van der Waals surface area (Å²) in [6.07, 6.45) is 31.3. The third-order valence-corrected chi connectivity index (χ3v) is 25.0. The van der Waals surface area contributed by atoms with Gasteiger partial charge in [-0.25, -0.2) is 0 Å². The Morgan fingerprint density at radius 1 is 0.402 bits per heavy atom. The van der Waals surface area contributed by atoms with Crippen molar-refractivity contribution in [1.29, 1.82) is 0 Å². The van der Waals surface area contributed by atoms with Gasteiger partial charge in [-0.15, -0.1) is 0 Å². The normalized spacial score (nSPS) is 17.8. The molecule has 9 nitrogen and oxygen atoms in total. The van der Waals surface area contributed by atoms with Crippen molar-refractivity contribution in [2.24, 2.45) is 35.0 Å². The van der Waals surface area contributed by atoms with Gasteiger partial charge in [0.1, 0.15) is 0 Å². The number of nitrogens with zero attached hydrogens (tertiary/aromatic N) is 5. The number of unbranched alkanes of at least 4 members (excludes halogenated alkanes) is 8. The second-order valence-electron chi connectivity index (χ2n) is 34.0. The number of fused-ring (bicyclic) bond motifs is 7. The molecule has 6 unspecified atom stereocenters. The number of allylic oxidation sites excluding steroid dienone is 1. The van der Waals surface area contributed by atoms with Crippen LogP contribution in [0.1, 0.15) is 283 Å². The number of halogens is 2. The lowest BCUT2D eigenvalue weighted by Gasteiger charge is -2.39. The van der Waals surface area contributed by atoms with Gasteiger partial charge in [-0.3, -0.25) is 19.2 Å². The fourth-order valence-corrected chi connectivity index (χ4v) is 18.2. The monoisotopic (exact) mass is 1570 g/mol. The maximum Gasteiger partial charge on any atom is 0.260 e. The second-order valence-corrected chi connectivity index (χ2v) is 35.8. The maximum absolute atomic E-state index is 16.2. The van der Waals surface area contributed by atoms with Gasteiger partial charge in [0.25, 0.3) is 23.6 Å². The Morgan fingerprint density at radius 3 is 1.33 bits per heavy atom. The predicted molar refractivity (Wildman–Crippen MR) is 464 cm³/mol. The molecule has 0 saturated heterocycles. The molecule has 0 saturated carbocycles. The topological polar surface area (TPSA) is 86.2 Å². The summed E-state index contributed by atoms with van der Waals surface area (Å²) in [6.45, 7) is 36.4. The van der Waals surface area contributed by atoms with E-state index in [9.17, 15) is 0 Å². The molecule has 1 aromatic heterocycles. The summed E-state index contributed by atoms with van der Waals surface area (Å²) >= 11 is 7.60. The van der Waals surface area contributed by atoms with Crippen molar-refractivity contribution in [2.45, 2.75) is 257 Å². The molecule has 6 aromatic carbocycles. The van der Waals surface area contributed by atoms with E-state index in [0.29, 0.717) is 53.8 Å². The van der Waals surface area contributed by atoms with Crippen LogP contribution in [0.4, 0.5) is 22.7 Å². The van der Waals surface area contributed by atoms with Gasteiger partial charge < -0.3 is 24.2 Å². The lowest BCUT2D eigenvalue weighted by molar-refractivity contribution is -0.115. The number of amides is 4. The Bertz CT molecular complexity index is 4510. The van der Waals surface area contributed by atoms with Crippen molar-refractivity contribution in [2.75, 3.05) is 39.2 Å². The van der Waals surface area contributed by atoms with Gasteiger partial charge in [0.05, 0.1) is 45.0 Å². The minimum absolute atomic E-state index is 0.0503. The summed E-state index contributed by atoms with van der Waals surface area (Å²) in [6, 6.07) is 38.9. The lowest BCUT2D eigenvalue weighted by Crippen LogP contribution is -2.47. The summed E-state index contributed by atoms with van der Waals surface area (Å²) < 4.78 is 4.33. The molecule has 4 amide bonds. The van der Waals surface area contributed by atoms with Gasteiger partial charge in [0.2, 0.25) is 0 Å². The first-order valence-electron chi connectivity index (χ1n) is 41.5. The van der Waals surface area contributed by atoms with Crippen LogP contribution < -0.4 is 19.6 Å². The molecular weight excluding hydrogens is 1450 g/mol. The van der Waals surface area contributed by atoms with Crippen LogP contribution >= 0.6 is 31.9 Å². The first-order valence-corrected chi connectivity index (χ1v) is 43.1. The predicted octanol–water partition coefficient (Wildman–Crippen LogP) is 26.6. The van der Waals surface area contributed by atoms with E-state index in [4.69, 9.17) is 0 Å². The minimum atomic E-state index is -0.203. The van der Waals surface area contributed by atoms with Crippen LogP contribution in [-0.4, -0.2) is 53.9 Å². The Kier molecular flexibility index (Phi) is 27.0. The van der Waals surface area contributed by atoms with Crippen molar-refractivity contribution < 1.29 is 19.2 Å². The van der Waals surface area contributed by atoms with Gasteiger partial charge >= 0.3 is 0 Å². The highest BCUT2D eigenvalue weighted by molar-refractivity contribution is 9.10. The Balaban J connectivity index is 0.926. The number of rotatable bonds is 35. The minimum Gasteiger partial charge on any atom is -0.340 e. The fourth-order valence-electron chi connectivity index (χ4n) is 17.5. The van der Waals surface area contributed by atoms with Gasteiger partial charge in [-0.05, 0) is 162 Å². The summed E-state index contributed by atoms with van der Waals surface area (Å²) in [7, 11) is 0. The zero-order valence-electron chi connectivity index (χ0n) is 67.5. The van der Waals surface area contributed by atoms with Crippen molar-refractivity contribution in [1.82, 2.24) is 4.57 Å². The van der Waals surface area contributed by atoms with Crippen molar-refractivity contribution in [3.63, 3.8) is 0 Å². The Labute approximate surface area is 659 Å². The molecule has 5 heterocycles. The summed E-state index contributed by atoms with van der Waals surface area (Å²) in [5, 5.41) is 2.53. The molecule has 4 aliphatic rings. The number of hydrogen-bond acceptors (Lipinski definition) is 4. The Morgan fingerprint density at radius 2 is 0.822 bits per heavy atom. The van der Waals surface area contributed by atoms with E-state index in [1.807, 2.05) is 39.0 Å². The van der Waals surface area contributed by atoms with E-state index < -0.39 is 0 Å². The average molecular weight is 1570 g/mol. The molecule has 6 atom stereocenters. The van der Waals surface area contributed by atoms with Gasteiger partial charge in [-0.1, -0.05) is 305 Å². The summed E-state index contributed by atoms with van der Waals surface area (Å²) in [4.78, 5) is 71.7. The smallest absolute Gasteiger partial charge is 0.260 e. The zero-order chi connectivity index (χ0) is 76.6. The third-order valence-electron chi connectivity index (χ3n) is 24.0. The van der Waals surface area contributed by atoms with Crippen LogP contribution in [0.3, 0.4) is 0 Å². The van der Waals surface area contributed by atoms with Crippen LogP contribution in [0.5, 0.6) is 0 Å². The first-order chi connectivity index (χ1) is 51.4. The molecule has 11 heteroatoms. The fraction of sp³-hybridized carbons (Fsp3) is 0.500. The number of hydrogen-bond donors (Lipinski definition) is 0. The van der Waals surface area contributed by atoms with E-state index in [-0.39, 0.29) is 58.3 Å². The van der Waals surface area contributed by atoms with Crippen molar-refractivity contribution in [3.8, 4) is 0 Å². The number of aromatic nitrogens is 1. The summed E-state index contributed by atoms with van der Waals surface area (Å²) in [5.41, 5.74) is 15.6. The van der Waals surface area contributed by atoms with E-state index in [0.717, 1.165) is 180 Å². The molecule has 0 radical (unpaired) electrons. The summed E-state index contributed by atoms with van der Waals surface area (Å²) in [5.74, 6) is 0.541. The zero-order valence-corrected chi connectivity index (χ0v) is 70.6. The second kappa shape index (κ2) is 35.7. The van der Waals surface area contributed by atoms with Crippen molar-refractivity contribution >= 4 is 141 Å². The molecule has 107 heavy (non-hydrogen) atoms. The highest BCUT2D eigenvalue weighted by Gasteiger charge is 2.48. The molecule has 0 bridgehead atoms. The standard InChI is InChI=1S/C96H123Br2N5O4/c1-16-24-28-29-30-31-53-99-80-49-40-67(54-78(80)79-55-69(41-50-81(79)99)51-52-95(10,11)12)37-38-68-39-45-74-82(56-68)100(60-64(20-5)32-25-17-2)91(104)86(74)87-75-46-42-71(96(13,14)15)57-83(75)101(92(87)105)62-66(22-7)36-35-63(9)90(70(23-8)34-27-19-4)103-85-59-73(98)44-48-77(85)89(94(103)107)88-76-47-43-72(97)58-84(76)102(93(88)106)61-65(21-6)33-26-18-3/h37-52,54-59,63-66,70,90H,16-36,53,60-62H2,1-15H3/b38-37+,52-51+,87-86+,89-88+. The quantitative estimate of drug-likeness (QED) is 0.0225. The van der Waals surface area contributed by atoms with Gasteiger partial charge in [0.15, 0.2) is 0 Å². The molecule has 0 aliphatic carbocycles. The molecule has 0 spiro atoms. The SMILES string of the molecule is CCCCCCCCn1c2ccc(/C=C/c3ccc4c(c3)N(CC(CC)CCCC)C(=O)/C4=C3/C(=O)N(CC(CC)CCC(C)C(C(CC)CCCC)N4C(=O)/C(=C5/C(=O)N(CC(CC)CCCC)c6cc(Br)ccc65)c5ccc(Br)cc54)c4cc(C(C)(C)C)ccc43)cc2c2cc(/C=C/C(C)(C)C)ccc21. The molecule has 570 valence electrons. The third kappa shape index (κ3) is 17.7. The van der Waals surface area contributed by atoms with E-state index in [2.05, 4.69) is 254 Å². The van der Waals surface area contributed by atoms with E-state index >= 15 is 19.2 Å². The molecule has 11 rings (SSSR count). The first kappa shape index (κ1) is 80.9. The van der Waals surface area contributed by atoms with Crippen molar-refractivity contribution in [3.05, 3.63) is 169 Å². The maximum atomic E-state index is 16.2. The van der Waals surface area contributed by atoms with Gasteiger partial charge in [0, 0.05) is 85.2 Å². The molecule has 0 N–H and O–H groups in total. The highest BCUT2D eigenvalue weighted by atomic mass is 79.9. The Hall–Kier alpha value is -7.08. The van der Waals surface area contributed by atoms with Crippen LogP contribution in [0, 0.1) is 35.0 Å². The lowest BCUT2D eigenvalue weighted by atomic mass is 9.79. The number of aryl methyl sites for hydroxylation is 1. The molecule has 4 aliphatic heterocycles. The largest absolute Gasteiger partial charge is 0.340 e. The van der Waals surface area contributed by atoms with E-state index in [1.165, 1.54) is 59.5 Å². The van der Waals surface area contributed by atoms with Gasteiger partial charge in [-0.2, -0.15) is 0 Å². The van der Waals surface area contributed by atoms with E-state index in [1.54, 1.807) is 0 Å². The van der Waals surface area contributed by atoms with Crippen LogP contribution in [0.15, 0.2) is 124 Å². The van der Waals surface area contributed by atoms with Crippen LogP contribution in [0.2, 0.25) is 0 Å². The number of carbonyl (C=O) groups excluding carboxylic acids is 4. The molecular formula is C96H123Br2N5O4. The highest BCUT2D eigenvalue weighted by Crippen LogP contribution is 2.53. The number of benzene rings is 6. The average Bonchev–Trinajstić information content (AvgIpc) is 1.58. The molecule has 0 fully saturated rings. The molecule has 7 aromatic rings.